The second-order valence-electron chi connectivity index (χ2n) is 4.50. The summed E-state index contributed by atoms with van der Waals surface area (Å²) in [6.07, 6.45) is 0.611. The molecule has 1 amide bonds. The van der Waals surface area contributed by atoms with E-state index in [2.05, 4.69) is 0 Å². The Hall–Kier alpha value is -1.60. The van der Waals surface area contributed by atoms with Crippen LogP contribution in [0.2, 0.25) is 0 Å². The molecule has 6 nitrogen and oxygen atoms in total. The van der Waals surface area contributed by atoms with Gasteiger partial charge in [0.05, 0.1) is 11.4 Å². The first-order valence-corrected chi connectivity index (χ1v) is 7.38. The molecule has 0 atom stereocenters. The van der Waals surface area contributed by atoms with Crippen LogP contribution in [0, 0.1) is 0 Å². The minimum Gasteiger partial charge on any atom is -0.508 e. The van der Waals surface area contributed by atoms with Gasteiger partial charge < -0.3 is 10.0 Å². The molecular weight excluding hydrogens is 268 g/mol. The van der Waals surface area contributed by atoms with Gasteiger partial charge in [-0.25, -0.2) is 8.42 Å². The summed E-state index contributed by atoms with van der Waals surface area (Å²) in [6.45, 7) is 0.736. The zero-order chi connectivity index (χ0) is 14.0. The highest BCUT2D eigenvalue weighted by molar-refractivity contribution is 7.89. The first-order chi connectivity index (χ1) is 8.91. The van der Waals surface area contributed by atoms with Gasteiger partial charge in [0.1, 0.15) is 5.75 Å². The molecule has 7 heteroatoms. The van der Waals surface area contributed by atoms with E-state index in [1.165, 1.54) is 33.5 Å². The zero-order valence-corrected chi connectivity index (χ0v) is 11.4. The Balaban J connectivity index is 2.28. The maximum absolute atomic E-state index is 12.4. The van der Waals surface area contributed by atoms with E-state index in [9.17, 15) is 18.3 Å². The number of carbonyl (C=O) groups excluding carboxylic acids is 1. The zero-order valence-electron chi connectivity index (χ0n) is 10.6. The predicted molar refractivity (Wildman–Crippen MR) is 69.1 cm³/mol. The van der Waals surface area contributed by atoms with Crippen LogP contribution in [-0.4, -0.2) is 55.3 Å². The quantitative estimate of drug-likeness (QED) is 0.844. The molecule has 0 spiro atoms. The van der Waals surface area contributed by atoms with Crippen molar-refractivity contribution in [2.45, 2.75) is 11.3 Å². The van der Waals surface area contributed by atoms with Gasteiger partial charge in [-0.1, -0.05) is 0 Å². The number of hydrogen-bond acceptors (Lipinski definition) is 4. The lowest BCUT2D eigenvalue weighted by molar-refractivity contribution is -0.129. The summed E-state index contributed by atoms with van der Waals surface area (Å²) >= 11 is 0. The number of phenolic OH excluding ortho intramolecular Hbond substituents is 1. The standard InChI is InChI=1S/C12H16N2O4S/c1-13-7-2-8-14(9-12(13)16)19(17,18)11-5-3-10(15)4-6-11/h3-6,15H,2,7-9H2,1H3. The van der Waals surface area contributed by atoms with Gasteiger partial charge >= 0.3 is 0 Å². The van der Waals surface area contributed by atoms with E-state index in [1.54, 1.807) is 7.05 Å². The van der Waals surface area contributed by atoms with Crippen molar-refractivity contribution in [1.29, 1.82) is 0 Å². The van der Waals surface area contributed by atoms with Crippen LogP contribution in [-0.2, 0) is 14.8 Å². The predicted octanol–water partition coefficient (Wildman–Crippen LogP) is 0.245. The summed E-state index contributed by atoms with van der Waals surface area (Å²) in [6, 6.07) is 5.31. The van der Waals surface area contributed by atoms with Crippen LogP contribution >= 0.6 is 0 Å². The van der Waals surface area contributed by atoms with Crippen molar-refractivity contribution in [3.8, 4) is 5.75 Å². The number of hydrogen-bond donors (Lipinski definition) is 1. The molecule has 2 rings (SSSR count). The maximum atomic E-state index is 12.4. The number of amides is 1. The Morgan fingerprint density at radius 1 is 1.16 bits per heavy atom. The van der Waals surface area contributed by atoms with Crippen molar-refractivity contribution < 1.29 is 18.3 Å². The highest BCUT2D eigenvalue weighted by Gasteiger charge is 2.29. The van der Waals surface area contributed by atoms with Crippen molar-refractivity contribution >= 4 is 15.9 Å². The SMILES string of the molecule is CN1CCCN(S(=O)(=O)c2ccc(O)cc2)CC1=O. The molecule has 0 aliphatic carbocycles. The number of benzene rings is 1. The fourth-order valence-electron chi connectivity index (χ4n) is 1.93. The Kier molecular flexibility index (Phi) is 3.77. The molecule has 1 N–H and O–H groups in total. The van der Waals surface area contributed by atoms with E-state index >= 15 is 0 Å². The highest BCUT2D eigenvalue weighted by atomic mass is 32.2. The van der Waals surface area contributed by atoms with Gasteiger partial charge in [0.15, 0.2) is 0 Å². The van der Waals surface area contributed by atoms with Crippen molar-refractivity contribution in [3.63, 3.8) is 0 Å². The van der Waals surface area contributed by atoms with E-state index < -0.39 is 10.0 Å². The van der Waals surface area contributed by atoms with Crippen molar-refractivity contribution in [2.24, 2.45) is 0 Å². The molecule has 19 heavy (non-hydrogen) atoms. The Labute approximate surface area is 112 Å². The Bertz CT molecular complexity index is 568. The molecule has 1 saturated heterocycles. The molecule has 1 heterocycles. The summed E-state index contributed by atoms with van der Waals surface area (Å²) in [7, 11) is -2.02. The van der Waals surface area contributed by atoms with Gasteiger partial charge in [0, 0.05) is 20.1 Å². The average Bonchev–Trinajstić information content (AvgIpc) is 2.53. The topological polar surface area (TPSA) is 77.9 Å². The van der Waals surface area contributed by atoms with Crippen molar-refractivity contribution in [2.75, 3.05) is 26.7 Å². The minimum atomic E-state index is -3.68. The largest absolute Gasteiger partial charge is 0.508 e. The average molecular weight is 284 g/mol. The third-order valence-electron chi connectivity index (χ3n) is 3.11. The molecule has 0 aromatic heterocycles. The summed E-state index contributed by atoms with van der Waals surface area (Å²) in [5.74, 6) is -0.203. The second-order valence-corrected chi connectivity index (χ2v) is 6.44. The number of likely N-dealkylation sites (N-methyl/N-ethyl adjacent to an activating group) is 1. The van der Waals surface area contributed by atoms with E-state index in [0.717, 1.165) is 0 Å². The molecule has 0 bridgehead atoms. The number of sulfonamides is 1. The molecule has 1 aromatic rings. The minimum absolute atomic E-state index is 0.00521. The van der Waals surface area contributed by atoms with Gasteiger partial charge in [0.25, 0.3) is 0 Å². The lowest BCUT2D eigenvalue weighted by atomic mass is 10.3. The smallest absolute Gasteiger partial charge is 0.243 e. The van der Waals surface area contributed by atoms with Crippen LogP contribution in [0.1, 0.15) is 6.42 Å². The van der Waals surface area contributed by atoms with Crippen LogP contribution < -0.4 is 0 Å². The summed E-state index contributed by atoms with van der Waals surface area (Å²) in [5, 5.41) is 9.19. The van der Waals surface area contributed by atoms with E-state index in [0.29, 0.717) is 19.5 Å². The molecule has 104 valence electrons. The molecule has 1 fully saturated rings. The lowest BCUT2D eigenvalue weighted by Crippen LogP contribution is -2.37. The van der Waals surface area contributed by atoms with E-state index in [4.69, 9.17) is 0 Å². The maximum Gasteiger partial charge on any atom is 0.243 e. The van der Waals surface area contributed by atoms with E-state index in [-0.39, 0.29) is 23.1 Å². The lowest BCUT2D eigenvalue weighted by Gasteiger charge is -2.19. The molecule has 0 saturated carbocycles. The third kappa shape index (κ3) is 2.87. The Morgan fingerprint density at radius 3 is 2.42 bits per heavy atom. The number of carbonyl (C=O) groups is 1. The van der Waals surface area contributed by atoms with Crippen molar-refractivity contribution in [3.05, 3.63) is 24.3 Å². The van der Waals surface area contributed by atoms with Crippen molar-refractivity contribution in [1.82, 2.24) is 9.21 Å². The molecule has 1 aliphatic heterocycles. The van der Waals surface area contributed by atoms with Crippen LogP contribution in [0.5, 0.6) is 5.75 Å². The van der Waals surface area contributed by atoms with E-state index in [1.807, 2.05) is 0 Å². The fraction of sp³-hybridized carbons (Fsp3) is 0.417. The van der Waals surface area contributed by atoms with Gasteiger partial charge in [-0.15, -0.1) is 0 Å². The van der Waals surface area contributed by atoms with Crippen LogP contribution in [0.3, 0.4) is 0 Å². The second kappa shape index (κ2) is 5.18. The monoisotopic (exact) mass is 284 g/mol. The molecule has 0 radical (unpaired) electrons. The number of rotatable bonds is 2. The molecular formula is C12H16N2O4S. The number of phenols is 1. The first kappa shape index (κ1) is 13.8. The Morgan fingerprint density at radius 2 is 1.79 bits per heavy atom. The normalized spacial score (nSPS) is 18.4. The number of aromatic hydroxyl groups is 1. The van der Waals surface area contributed by atoms with Gasteiger partial charge in [-0.05, 0) is 30.7 Å². The van der Waals surface area contributed by atoms with Gasteiger partial charge in [0.2, 0.25) is 15.9 Å². The third-order valence-corrected chi connectivity index (χ3v) is 4.97. The van der Waals surface area contributed by atoms with Crippen LogP contribution in [0.25, 0.3) is 0 Å². The summed E-state index contributed by atoms with van der Waals surface area (Å²) in [4.78, 5) is 13.4. The highest BCUT2D eigenvalue weighted by Crippen LogP contribution is 2.20. The van der Waals surface area contributed by atoms with Crippen LogP contribution in [0.15, 0.2) is 29.2 Å². The van der Waals surface area contributed by atoms with Gasteiger partial charge in [-0.2, -0.15) is 4.31 Å². The summed E-state index contributed by atoms with van der Waals surface area (Å²) in [5.41, 5.74) is 0. The molecule has 1 aliphatic rings. The van der Waals surface area contributed by atoms with Gasteiger partial charge in [-0.3, -0.25) is 4.79 Å². The first-order valence-electron chi connectivity index (χ1n) is 5.94. The number of nitrogens with zero attached hydrogens (tertiary/aromatic N) is 2. The van der Waals surface area contributed by atoms with Crippen LogP contribution in [0.4, 0.5) is 0 Å². The summed E-state index contributed by atoms with van der Waals surface area (Å²) < 4.78 is 25.9. The molecule has 0 unspecified atom stereocenters. The molecule has 1 aromatic carbocycles. The fourth-order valence-corrected chi connectivity index (χ4v) is 3.36.